The quantitative estimate of drug-likeness (QED) is 0.803. The number of rotatable bonds is 3. The highest BCUT2D eigenvalue weighted by molar-refractivity contribution is 6.37. The van der Waals surface area contributed by atoms with Crippen molar-refractivity contribution in [3.63, 3.8) is 0 Å². The Morgan fingerprint density at radius 3 is 2.72 bits per heavy atom. The van der Waals surface area contributed by atoms with E-state index in [1.54, 1.807) is 12.1 Å². The summed E-state index contributed by atoms with van der Waals surface area (Å²) in [7, 11) is 0. The van der Waals surface area contributed by atoms with Gasteiger partial charge in [-0.25, -0.2) is 0 Å². The maximum Gasteiger partial charge on any atom is 0.244 e. The number of nitrogens with two attached hydrogens (primary N) is 1. The number of nitrogens with zero attached hydrogens (tertiary/aromatic N) is 2. The third-order valence-corrected chi connectivity index (χ3v) is 4.34. The lowest BCUT2D eigenvalue weighted by atomic mass is 9.84. The molecule has 1 aromatic heterocycles. The zero-order valence-corrected chi connectivity index (χ0v) is 14.6. The number of aryl methyl sites for hydroxylation is 1. The molecule has 0 spiro atoms. The van der Waals surface area contributed by atoms with Crippen molar-refractivity contribution in [2.45, 2.75) is 12.8 Å². The number of aromatic nitrogens is 2. The number of ether oxygens (including phenoxy) is 2. The molecule has 3 N–H and O–H groups in total. The first-order valence-corrected chi connectivity index (χ1v) is 7.91. The minimum absolute atomic E-state index is 0.00796. The minimum Gasteiger partial charge on any atom is -0.478 e. The van der Waals surface area contributed by atoms with E-state index < -0.39 is 5.92 Å². The average Bonchev–Trinajstić information content (AvgIpc) is 2.93. The number of nitriles is 1. The average molecular weight is 375 g/mol. The van der Waals surface area contributed by atoms with Crippen LogP contribution < -0.4 is 15.2 Å². The third kappa shape index (κ3) is 2.87. The van der Waals surface area contributed by atoms with Gasteiger partial charge in [0, 0.05) is 11.3 Å². The van der Waals surface area contributed by atoms with Crippen LogP contribution in [0.2, 0.25) is 10.0 Å². The lowest BCUT2D eigenvalue weighted by molar-refractivity contribution is 0.370. The molecular weight excluding hydrogens is 363 g/mol. The normalized spacial score (nSPS) is 15.8. The van der Waals surface area contributed by atoms with E-state index in [1.807, 2.05) is 6.92 Å². The molecule has 3 rings (SSSR count). The number of halogens is 2. The zero-order chi connectivity index (χ0) is 18.1. The number of hydrogen-bond acceptors (Lipinski definition) is 5. The highest BCUT2D eigenvalue weighted by Crippen LogP contribution is 2.45. The SMILES string of the molecule is C#CCOc1c(Cl)cc([C@@H]2C(C#N)=C(N)Oc3n[nH]c(C)c32)cc1Cl. The van der Waals surface area contributed by atoms with Crippen LogP contribution in [0, 0.1) is 30.6 Å². The van der Waals surface area contributed by atoms with Gasteiger partial charge in [-0.15, -0.1) is 11.5 Å². The van der Waals surface area contributed by atoms with E-state index in [0.29, 0.717) is 17.0 Å². The standard InChI is InChI=1S/C17H12Cl2N4O2/c1-3-4-24-15-11(18)5-9(6-12(15)19)14-10(7-20)16(21)25-17-13(14)8(2)22-23-17/h1,5-6,14H,4,21H2,2H3,(H,22,23)/t14-/m1/s1. The van der Waals surface area contributed by atoms with Crippen molar-refractivity contribution in [2.75, 3.05) is 6.61 Å². The molecule has 1 aliphatic heterocycles. The number of benzene rings is 1. The molecule has 0 saturated carbocycles. The third-order valence-electron chi connectivity index (χ3n) is 3.78. The van der Waals surface area contributed by atoms with Crippen molar-refractivity contribution in [1.29, 1.82) is 5.26 Å². The van der Waals surface area contributed by atoms with Gasteiger partial charge in [0.1, 0.15) is 18.2 Å². The van der Waals surface area contributed by atoms with E-state index >= 15 is 0 Å². The lowest BCUT2D eigenvalue weighted by Crippen LogP contribution is -2.21. The molecule has 25 heavy (non-hydrogen) atoms. The molecule has 0 aliphatic carbocycles. The van der Waals surface area contributed by atoms with Crippen LogP contribution in [0.4, 0.5) is 0 Å². The highest BCUT2D eigenvalue weighted by Gasteiger charge is 2.34. The van der Waals surface area contributed by atoms with Crippen LogP contribution in [0.25, 0.3) is 0 Å². The predicted octanol–water partition coefficient (Wildman–Crippen LogP) is 3.26. The fraction of sp³-hybridized carbons (Fsp3) is 0.176. The highest BCUT2D eigenvalue weighted by atomic mass is 35.5. The maximum atomic E-state index is 9.55. The Kier molecular flexibility index (Phi) is 4.50. The minimum atomic E-state index is -0.510. The lowest BCUT2D eigenvalue weighted by Gasteiger charge is -2.24. The summed E-state index contributed by atoms with van der Waals surface area (Å²) in [4.78, 5) is 0. The van der Waals surface area contributed by atoms with Crippen molar-refractivity contribution in [1.82, 2.24) is 10.2 Å². The Labute approximate surface area is 154 Å². The fourth-order valence-electron chi connectivity index (χ4n) is 2.73. The number of fused-ring (bicyclic) bond motifs is 1. The topological polar surface area (TPSA) is 96.9 Å². The molecule has 126 valence electrons. The molecule has 1 atom stereocenters. The fourth-order valence-corrected chi connectivity index (χ4v) is 3.34. The van der Waals surface area contributed by atoms with Crippen LogP contribution in [0.3, 0.4) is 0 Å². The van der Waals surface area contributed by atoms with Crippen LogP contribution in [0.1, 0.15) is 22.7 Å². The van der Waals surface area contributed by atoms with Gasteiger partial charge in [-0.2, -0.15) is 5.26 Å². The first-order valence-electron chi connectivity index (χ1n) is 7.15. The van der Waals surface area contributed by atoms with E-state index in [-0.39, 0.29) is 33.9 Å². The largest absolute Gasteiger partial charge is 0.478 e. The molecule has 0 bridgehead atoms. The Balaban J connectivity index is 2.17. The van der Waals surface area contributed by atoms with Gasteiger partial charge in [-0.05, 0) is 24.6 Å². The van der Waals surface area contributed by atoms with Crippen molar-refractivity contribution >= 4 is 23.2 Å². The molecule has 0 amide bonds. The van der Waals surface area contributed by atoms with Crippen LogP contribution >= 0.6 is 23.2 Å². The molecule has 2 aromatic rings. The summed E-state index contributed by atoms with van der Waals surface area (Å²) in [6.07, 6.45) is 5.19. The monoisotopic (exact) mass is 374 g/mol. The van der Waals surface area contributed by atoms with Crippen LogP contribution in [-0.4, -0.2) is 16.8 Å². The molecule has 0 saturated heterocycles. The molecule has 1 aromatic carbocycles. The second-order valence-corrected chi connectivity index (χ2v) is 6.11. The number of allylic oxidation sites excluding steroid dienone is 1. The zero-order valence-electron chi connectivity index (χ0n) is 13.1. The molecule has 8 heteroatoms. The van der Waals surface area contributed by atoms with E-state index in [0.717, 1.165) is 5.69 Å². The van der Waals surface area contributed by atoms with Gasteiger partial charge >= 0.3 is 0 Å². The Hall–Kier alpha value is -2.80. The van der Waals surface area contributed by atoms with Crippen molar-refractivity contribution < 1.29 is 9.47 Å². The van der Waals surface area contributed by atoms with Crippen molar-refractivity contribution in [3.8, 4) is 30.0 Å². The number of aromatic amines is 1. The van der Waals surface area contributed by atoms with Gasteiger partial charge in [0.05, 0.1) is 16.0 Å². The number of terminal acetylenes is 1. The van der Waals surface area contributed by atoms with Gasteiger partial charge in [0.25, 0.3) is 0 Å². The summed E-state index contributed by atoms with van der Waals surface area (Å²) in [6.45, 7) is 1.86. The molecule has 1 aliphatic rings. The summed E-state index contributed by atoms with van der Waals surface area (Å²) in [5, 5.41) is 17.0. The molecule has 0 radical (unpaired) electrons. The van der Waals surface area contributed by atoms with E-state index in [1.165, 1.54) is 0 Å². The summed E-state index contributed by atoms with van der Waals surface area (Å²) in [5.41, 5.74) is 8.25. The Bertz CT molecular complexity index is 943. The molecule has 0 unspecified atom stereocenters. The summed E-state index contributed by atoms with van der Waals surface area (Å²) >= 11 is 12.6. The Morgan fingerprint density at radius 2 is 2.12 bits per heavy atom. The van der Waals surface area contributed by atoms with Gasteiger partial charge in [-0.3, -0.25) is 5.10 Å². The van der Waals surface area contributed by atoms with Gasteiger partial charge in [0.2, 0.25) is 11.8 Å². The molecule has 2 heterocycles. The second kappa shape index (κ2) is 6.60. The molecule has 6 nitrogen and oxygen atoms in total. The summed E-state index contributed by atoms with van der Waals surface area (Å²) < 4.78 is 10.8. The Morgan fingerprint density at radius 1 is 1.44 bits per heavy atom. The van der Waals surface area contributed by atoms with E-state index in [4.69, 9.17) is 44.8 Å². The molecular formula is C17H12Cl2N4O2. The van der Waals surface area contributed by atoms with Gasteiger partial charge in [0.15, 0.2) is 5.75 Å². The number of H-pyrrole nitrogens is 1. The first-order chi connectivity index (χ1) is 12.0. The molecule has 0 fully saturated rings. The van der Waals surface area contributed by atoms with Crippen molar-refractivity contribution in [2.24, 2.45) is 5.73 Å². The van der Waals surface area contributed by atoms with Crippen LogP contribution in [-0.2, 0) is 0 Å². The van der Waals surface area contributed by atoms with Crippen LogP contribution in [0.15, 0.2) is 23.6 Å². The smallest absolute Gasteiger partial charge is 0.244 e. The van der Waals surface area contributed by atoms with Gasteiger partial charge < -0.3 is 15.2 Å². The maximum absolute atomic E-state index is 9.55. The van der Waals surface area contributed by atoms with E-state index in [9.17, 15) is 5.26 Å². The first kappa shape index (κ1) is 17.0. The van der Waals surface area contributed by atoms with Crippen molar-refractivity contribution in [3.05, 3.63) is 50.5 Å². The second-order valence-electron chi connectivity index (χ2n) is 5.30. The predicted molar refractivity (Wildman–Crippen MR) is 93.4 cm³/mol. The summed E-state index contributed by atoms with van der Waals surface area (Å²) in [5.74, 6) is 2.44. The van der Waals surface area contributed by atoms with Crippen LogP contribution in [0.5, 0.6) is 11.6 Å². The number of nitrogens with one attached hydrogen (secondary N) is 1. The van der Waals surface area contributed by atoms with Gasteiger partial charge in [-0.1, -0.05) is 29.1 Å². The number of hydrogen-bond donors (Lipinski definition) is 2. The summed E-state index contributed by atoms with van der Waals surface area (Å²) in [6, 6.07) is 5.42. The van der Waals surface area contributed by atoms with E-state index in [2.05, 4.69) is 22.2 Å².